The SMILES string of the molecule is CC(N)Cc1cc(F)c(F)cc1N(C)C. The van der Waals surface area contributed by atoms with Crippen LogP contribution < -0.4 is 10.6 Å². The molecule has 0 aromatic heterocycles. The van der Waals surface area contributed by atoms with Crippen LogP contribution in [-0.2, 0) is 6.42 Å². The molecule has 1 aromatic rings. The Balaban J connectivity index is 3.16. The molecule has 1 unspecified atom stereocenters. The van der Waals surface area contributed by atoms with Crippen molar-refractivity contribution in [1.82, 2.24) is 0 Å². The summed E-state index contributed by atoms with van der Waals surface area (Å²) in [6.45, 7) is 1.83. The number of hydrogen-bond acceptors (Lipinski definition) is 2. The Hall–Kier alpha value is -1.16. The van der Waals surface area contributed by atoms with E-state index < -0.39 is 11.6 Å². The molecule has 1 aromatic carbocycles. The second-order valence-corrected chi connectivity index (χ2v) is 3.97. The molecule has 0 saturated heterocycles. The molecule has 15 heavy (non-hydrogen) atoms. The van der Waals surface area contributed by atoms with Gasteiger partial charge in [-0.25, -0.2) is 8.78 Å². The first-order valence-corrected chi connectivity index (χ1v) is 4.82. The predicted octanol–water partition coefficient (Wildman–Crippen LogP) is 1.92. The second-order valence-electron chi connectivity index (χ2n) is 3.97. The largest absolute Gasteiger partial charge is 0.377 e. The maximum Gasteiger partial charge on any atom is 0.160 e. The smallest absolute Gasteiger partial charge is 0.160 e. The van der Waals surface area contributed by atoms with Gasteiger partial charge in [-0.2, -0.15) is 0 Å². The molecule has 1 atom stereocenters. The van der Waals surface area contributed by atoms with Crippen molar-refractivity contribution in [2.24, 2.45) is 5.73 Å². The van der Waals surface area contributed by atoms with Gasteiger partial charge in [-0.05, 0) is 25.0 Å². The number of benzene rings is 1. The second kappa shape index (κ2) is 4.57. The monoisotopic (exact) mass is 214 g/mol. The van der Waals surface area contributed by atoms with E-state index >= 15 is 0 Å². The molecule has 0 radical (unpaired) electrons. The van der Waals surface area contributed by atoms with Gasteiger partial charge in [-0.15, -0.1) is 0 Å². The highest BCUT2D eigenvalue weighted by atomic mass is 19.2. The van der Waals surface area contributed by atoms with Gasteiger partial charge >= 0.3 is 0 Å². The first-order chi connectivity index (χ1) is 6.91. The van der Waals surface area contributed by atoms with E-state index in [1.807, 2.05) is 6.92 Å². The van der Waals surface area contributed by atoms with Gasteiger partial charge in [-0.1, -0.05) is 0 Å². The standard InChI is InChI=1S/C11H16F2N2/c1-7(14)4-8-5-9(12)10(13)6-11(8)15(2)3/h5-7H,4,14H2,1-3H3. The molecule has 0 amide bonds. The van der Waals surface area contributed by atoms with Gasteiger partial charge in [0.2, 0.25) is 0 Å². The van der Waals surface area contributed by atoms with Gasteiger partial charge in [0.25, 0.3) is 0 Å². The number of anilines is 1. The first kappa shape index (κ1) is 11.9. The summed E-state index contributed by atoms with van der Waals surface area (Å²) in [5, 5.41) is 0. The van der Waals surface area contributed by atoms with Crippen molar-refractivity contribution in [1.29, 1.82) is 0 Å². The van der Waals surface area contributed by atoms with E-state index in [4.69, 9.17) is 5.73 Å². The van der Waals surface area contributed by atoms with Crippen LogP contribution in [0.3, 0.4) is 0 Å². The van der Waals surface area contributed by atoms with Gasteiger partial charge < -0.3 is 10.6 Å². The first-order valence-electron chi connectivity index (χ1n) is 4.82. The zero-order valence-corrected chi connectivity index (χ0v) is 9.22. The Morgan fingerprint density at radius 3 is 2.27 bits per heavy atom. The lowest BCUT2D eigenvalue weighted by Gasteiger charge is -2.19. The molecule has 0 heterocycles. The summed E-state index contributed by atoms with van der Waals surface area (Å²) < 4.78 is 26.1. The van der Waals surface area contributed by atoms with E-state index in [9.17, 15) is 8.78 Å². The molecular formula is C11H16F2N2. The molecule has 0 spiro atoms. The number of halogens is 2. The molecule has 0 saturated carbocycles. The van der Waals surface area contributed by atoms with Gasteiger partial charge in [0.15, 0.2) is 11.6 Å². The number of nitrogens with zero attached hydrogens (tertiary/aromatic N) is 1. The third-order valence-corrected chi connectivity index (χ3v) is 2.15. The lowest BCUT2D eigenvalue weighted by atomic mass is 10.0. The van der Waals surface area contributed by atoms with Crippen LogP contribution in [0.1, 0.15) is 12.5 Å². The lowest BCUT2D eigenvalue weighted by Crippen LogP contribution is -2.21. The van der Waals surface area contributed by atoms with Crippen LogP contribution in [0, 0.1) is 11.6 Å². The van der Waals surface area contributed by atoms with Gasteiger partial charge in [0, 0.05) is 31.9 Å². The van der Waals surface area contributed by atoms with E-state index in [2.05, 4.69) is 0 Å². The van der Waals surface area contributed by atoms with E-state index in [-0.39, 0.29) is 6.04 Å². The molecule has 2 N–H and O–H groups in total. The number of hydrogen-bond donors (Lipinski definition) is 1. The average molecular weight is 214 g/mol. The summed E-state index contributed by atoms with van der Waals surface area (Å²) >= 11 is 0. The van der Waals surface area contributed by atoms with Crippen LogP contribution in [0.2, 0.25) is 0 Å². The van der Waals surface area contributed by atoms with Crippen LogP contribution >= 0.6 is 0 Å². The Bertz CT molecular complexity index is 349. The Kier molecular flexibility index (Phi) is 3.63. The molecule has 0 aliphatic heterocycles. The number of rotatable bonds is 3. The minimum Gasteiger partial charge on any atom is -0.377 e. The Morgan fingerprint density at radius 2 is 1.80 bits per heavy atom. The minimum absolute atomic E-state index is 0.0754. The number of nitrogens with two attached hydrogens (primary N) is 1. The Labute approximate surface area is 88.7 Å². The van der Waals surface area contributed by atoms with Gasteiger partial charge in [0.05, 0.1) is 0 Å². The van der Waals surface area contributed by atoms with Crippen molar-refractivity contribution >= 4 is 5.69 Å². The summed E-state index contributed by atoms with van der Waals surface area (Å²) in [4.78, 5) is 1.75. The fraction of sp³-hybridized carbons (Fsp3) is 0.455. The minimum atomic E-state index is -0.827. The molecule has 4 heteroatoms. The maximum absolute atomic E-state index is 13.0. The van der Waals surface area contributed by atoms with E-state index in [1.165, 1.54) is 12.1 Å². The van der Waals surface area contributed by atoms with E-state index in [0.29, 0.717) is 12.1 Å². The fourth-order valence-corrected chi connectivity index (χ4v) is 1.50. The molecule has 0 aliphatic carbocycles. The van der Waals surface area contributed by atoms with Crippen molar-refractivity contribution in [3.8, 4) is 0 Å². The zero-order chi connectivity index (χ0) is 11.6. The van der Waals surface area contributed by atoms with Crippen LogP contribution in [0.25, 0.3) is 0 Å². The van der Waals surface area contributed by atoms with Crippen molar-refractivity contribution in [3.05, 3.63) is 29.3 Å². The highest BCUT2D eigenvalue weighted by Crippen LogP contribution is 2.23. The summed E-state index contributed by atoms with van der Waals surface area (Å²) in [7, 11) is 3.58. The topological polar surface area (TPSA) is 29.3 Å². The summed E-state index contributed by atoms with van der Waals surface area (Å²) in [6, 6.07) is 2.34. The Morgan fingerprint density at radius 1 is 1.27 bits per heavy atom. The van der Waals surface area contributed by atoms with Crippen LogP contribution in [0.4, 0.5) is 14.5 Å². The van der Waals surface area contributed by atoms with Crippen LogP contribution in [0.5, 0.6) is 0 Å². The summed E-state index contributed by atoms with van der Waals surface area (Å²) in [5.41, 5.74) is 7.05. The van der Waals surface area contributed by atoms with Gasteiger partial charge in [-0.3, -0.25) is 0 Å². The van der Waals surface area contributed by atoms with Crippen molar-refractivity contribution in [2.45, 2.75) is 19.4 Å². The summed E-state index contributed by atoms with van der Waals surface area (Å²) in [6.07, 6.45) is 0.532. The molecule has 0 aliphatic rings. The lowest BCUT2D eigenvalue weighted by molar-refractivity contribution is 0.506. The molecule has 0 fully saturated rings. The molecule has 84 valence electrons. The quantitative estimate of drug-likeness (QED) is 0.833. The predicted molar refractivity (Wildman–Crippen MR) is 58.0 cm³/mol. The third kappa shape index (κ3) is 2.89. The molecule has 0 bridgehead atoms. The van der Waals surface area contributed by atoms with E-state index in [0.717, 1.165) is 5.56 Å². The van der Waals surface area contributed by atoms with Gasteiger partial charge in [0.1, 0.15) is 0 Å². The third-order valence-electron chi connectivity index (χ3n) is 2.15. The normalized spacial score (nSPS) is 12.7. The zero-order valence-electron chi connectivity index (χ0n) is 9.22. The summed E-state index contributed by atoms with van der Waals surface area (Å²) in [5.74, 6) is -1.65. The highest BCUT2D eigenvalue weighted by molar-refractivity contribution is 5.53. The average Bonchev–Trinajstić information content (AvgIpc) is 2.09. The maximum atomic E-state index is 13.0. The molecule has 1 rings (SSSR count). The fourth-order valence-electron chi connectivity index (χ4n) is 1.50. The van der Waals surface area contributed by atoms with E-state index in [1.54, 1.807) is 19.0 Å². The highest BCUT2D eigenvalue weighted by Gasteiger charge is 2.12. The van der Waals surface area contributed by atoms with Crippen molar-refractivity contribution in [3.63, 3.8) is 0 Å². The van der Waals surface area contributed by atoms with Crippen molar-refractivity contribution in [2.75, 3.05) is 19.0 Å². The van der Waals surface area contributed by atoms with Crippen LogP contribution in [-0.4, -0.2) is 20.1 Å². The molecular weight excluding hydrogens is 198 g/mol. The molecule has 2 nitrogen and oxygen atoms in total. The van der Waals surface area contributed by atoms with Crippen LogP contribution in [0.15, 0.2) is 12.1 Å². The van der Waals surface area contributed by atoms with Crippen molar-refractivity contribution < 1.29 is 8.78 Å².